The Hall–Kier alpha value is -3.40. The summed E-state index contributed by atoms with van der Waals surface area (Å²) in [6, 6.07) is 12.5. The number of nitrogens with one attached hydrogen (secondary N) is 1. The van der Waals surface area contributed by atoms with Crippen molar-refractivity contribution in [2.24, 2.45) is 0 Å². The highest BCUT2D eigenvalue weighted by molar-refractivity contribution is 5.97. The molecule has 0 atom stereocenters. The number of nitriles is 1. The Morgan fingerprint density at radius 1 is 1.38 bits per heavy atom. The molecule has 0 unspecified atom stereocenters. The van der Waals surface area contributed by atoms with Crippen LogP contribution >= 0.6 is 0 Å². The van der Waals surface area contributed by atoms with Gasteiger partial charge < -0.3 is 10.2 Å². The van der Waals surface area contributed by atoms with Crippen molar-refractivity contribution >= 4 is 23.0 Å². The third-order valence-electron chi connectivity index (χ3n) is 4.55. The third kappa shape index (κ3) is 3.35. The van der Waals surface area contributed by atoms with Gasteiger partial charge >= 0.3 is 0 Å². The molecule has 0 bridgehead atoms. The van der Waals surface area contributed by atoms with Crippen LogP contribution in [-0.4, -0.2) is 23.9 Å². The number of nitro groups is 1. The van der Waals surface area contributed by atoms with Crippen molar-refractivity contribution in [3.8, 4) is 6.07 Å². The van der Waals surface area contributed by atoms with Crippen molar-refractivity contribution in [2.75, 3.05) is 23.3 Å². The molecule has 0 aliphatic carbocycles. The lowest BCUT2D eigenvalue weighted by Crippen LogP contribution is -2.39. The Balaban J connectivity index is 1.80. The van der Waals surface area contributed by atoms with Crippen LogP contribution in [0.25, 0.3) is 0 Å². The molecule has 2 aromatic carbocycles. The van der Waals surface area contributed by atoms with Gasteiger partial charge in [-0.1, -0.05) is 18.2 Å². The molecular weight excluding hydrogens is 332 g/mol. The highest BCUT2D eigenvalue weighted by Crippen LogP contribution is 2.29. The summed E-state index contributed by atoms with van der Waals surface area (Å²) in [5.74, 6) is -0.110. The number of benzene rings is 2. The van der Waals surface area contributed by atoms with Crippen LogP contribution in [0.15, 0.2) is 36.4 Å². The maximum Gasteiger partial charge on any atom is 0.275 e. The van der Waals surface area contributed by atoms with Crippen molar-refractivity contribution in [2.45, 2.75) is 19.8 Å². The molecular formula is C19H18N4O3. The number of anilines is 2. The van der Waals surface area contributed by atoms with Crippen LogP contribution < -0.4 is 10.2 Å². The average molecular weight is 350 g/mol. The molecule has 2 aromatic rings. The standard InChI is InChI=1S/C19H18N4O3/c1-13-16(9-14(11-20)10-18(13)23(25)26)21-12-19(24)22-8-4-6-15-5-2-3-7-17(15)22/h2-3,5,7,9-10,21H,4,6,8,12H2,1H3. The molecule has 7 nitrogen and oxygen atoms in total. The predicted octanol–water partition coefficient (Wildman–Crippen LogP) is 3.17. The SMILES string of the molecule is Cc1c(NCC(=O)N2CCCc3ccccc32)cc(C#N)cc1[N+](=O)[O-]. The Morgan fingerprint density at radius 2 is 2.15 bits per heavy atom. The zero-order chi connectivity index (χ0) is 18.7. The van der Waals surface area contributed by atoms with Crippen LogP contribution in [0.3, 0.4) is 0 Å². The van der Waals surface area contributed by atoms with Crippen LogP contribution in [0.5, 0.6) is 0 Å². The summed E-state index contributed by atoms with van der Waals surface area (Å²) in [5, 5.41) is 23.2. The van der Waals surface area contributed by atoms with Crippen LogP contribution in [0, 0.1) is 28.4 Å². The molecule has 0 saturated heterocycles. The molecule has 0 saturated carbocycles. The number of para-hydroxylation sites is 1. The number of hydrogen-bond donors (Lipinski definition) is 1. The predicted molar refractivity (Wildman–Crippen MR) is 98.2 cm³/mol. The fourth-order valence-electron chi connectivity index (χ4n) is 3.20. The molecule has 0 aromatic heterocycles. The number of carbonyl (C=O) groups is 1. The van der Waals surface area contributed by atoms with E-state index in [0.717, 1.165) is 24.1 Å². The van der Waals surface area contributed by atoms with E-state index >= 15 is 0 Å². The maximum atomic E-state index is 12.7. The Labute approximate surface area is 151 Å². The zero-order valence-electron chi connectivity index (χ0n) is 14.4. The van der Waals surface area contributed by atoms with Crippen LogP contribution in [-0.2, 0) is 11.2 Å². The lowest BCUT2D eigenvalue weighted by atomic mass is 10.0. The van der Waals surface area contributed by atoms with Gasteiger partial charge in [-0.3, -0.25) is 14.9 Å². The monoisotopic (exact) mass is 350 g/mol. The minimum absolute atomic E-state index is 0.00120. The molecule has 1 heterocycles. The zero-order valence-corrected chi connectivity index (χ0v) is 14.4. The Bertz CT molecular complexity index is 917. The molecule has 0 radical (unpaired) electrons. The number of hydrogen-bond acceptors (Lipinski definition) is 5. The summed E-state index contributed by atoms with van der Waals surface area (Å²) in [5.41, 5.74) is 2.93. The minimum Gasteiger partial charge on any atom is -0.376 e. The van der Waals surface area contributed by atoms with E-state index in [1.54, 1.807) is 11.8 Å². The van der Waals surface area contributed by atoms with E-state index in [9.17, 15) is 14.9 Å². The normalized spacial score (nSPS) is 12.8. The summed E-state index contributed by atoms with van der Waals surface area (Å²) in [4.78, 5) is 25.1. The lowest BCUT2D eigenvalue weighted by Gasteiger charge is -2.29. The number of aryl methyl sites for hydroxylation is 1. The van der Waals surface area contributed by atoms with E-state index in [-0.39, 0.29) is 23.7 Å². The van der Waals surface area contributed by atoms with Gasteiger partial charge in [0.15, 0.2) is 0 Å². The third-order valence-corrected chi connectivity index (χ3v) is 4.55. The van der Waals surface area contributed by atoms with Crippen molar-refractivity contribution < 1.29 is 9.72 Å². The summed E-state index contributed by atoms with van der Waals surface area (Å²) in [6.07, 6.45) is 1.85. The lowest BCUT2D eigenvalue weighted by molar-refractivity contribution is -0.385. The van der Waals surface area contributed by atoms with E-state index in [1.165, 1.54) is 12.1 Å². The van der Waals surface area contributed by atoms with Gasteiger partial charge in [0.25, 0.3) is 5.69 Å². The largest absolute Gasteiger partial charge is 0.376 e. The highest BCUT2D eigenvalue weighted by atomic mass is 16.6. The molecule has 0 fully saturated rings. The quantitative estimate of drug-likeness (QED) is 0.674. The van der Waals surface area contributed by atoms with E-state index in [1.807, 2.05) is 30.3 Å². The molecule has 26 heavy (non-hydrogen) atoms. The van der Waals surface area contributed by atoms with Crippen molar-refractivity contribution in [3.05, 3.63) is 63.2 Å². The summed E-state index contributed by atoms with van der Waals surface area (Å²) < 4.78 is 0. The molecule has 3 rings (SSSR count). The van der Waals surface area contributed by atoms with Crippen LogP contribution in [0.2, 0.25) is 0 Å². The first-order chi connectivity index (χ1) is 12.5. The first kappa shape index (κ1) is 17.4. The van der Waals surface area contributed by atoms with Gasteiger partial charge in [-0.25, -0.2) is 0 Å². The molecule has 0 spiro atoms. The minimum atomic E-state index is -0.524. The van der Waals surface area contributed by atoms with Crippen molar-refractivity contribution in [3.63, 3.8) is 0 Å². The number of carbonyl (C=O) groups excluding carboxylic acids is 1. The van der Waals surface area contributed by atoms with Crippen LogP contribution in [0.1, 0.15) is 23.1 Å². The second-order valence-electron chi connectivity index (χ2n) is 6.17. The molecule has 1 aliphatic heterocycles. The molecule has 7 heteroatoms. The summed E-state index contributed by atoms with van der Waals surface area (Å²) >= 11 is 0. The summed E-state index contributed by atoms with van der Waals surface area (Å²) in [7, 11) is 0. The maximum absolute atomic E-state index is 12.7. The Kier molecular flexibility index (Phi) is 4.85. The molecule has 1 amide bonds. The molecule has 1 aliphatic rings. The highest BCUT2D eigenvalue weighted by Gasteiger charge is 2.23. The van der Waals surface area contributed by atoms with Crippen LogP contribution in [0.4, 0.5) is 17.1 Å². The smallest absolute Gasteiger partial charge is 0.275 e. The molecule has 132 valence electrons. The van der Waals surface area contributed by atoms with Crippen molar-refractivity contribution in [1.29, 1.82) is 5.26 Å². The average Bonchev–Trinajstić information content (AvgIpc) is 2.66. The van der Waals surface area contributed by atoms with Gasteiger partial charge in [-0.05, 0) is 37.5 Å². The number of amides is 1. The second-order valence-corrected chi connectivity index (χ2v) is 6.17. The number of fused-ring (bicyclic) bond motifs is 1. The van der Waals surface area contributed by atoms with Gasteiger partial charge in [-0.2, -0.15) is 5.26 Å². The number of rotatable bonds is 4. The van der Waals surface area contributed by atoms with Gasteiger partial charge in [0.05, 0.1) is 23.1 Å². The van der Waals surface area contributed by atoms with E-state index in [0.29, 0.717) is 17.8 Å². The Morgan fingerprint density at radius 3 is 2.88 bits per heavy atom. The van der Waals surface area contributed by atoms with Gasteiger partial charge in [0, 0.05) is 29.5 Å². The van der Waals surface area contributed by atoms with E-state index < -0.39 is 4.92 Å². The second kappa shape index (κ2) is 7.23. The fourth-order valence-corrected chi connectivity index (χ4v) is 3.20. The van der Waals surface area contributed by atoms with Crippen molar-refractivity contribution in [1.82, 2.24) is 0 Å². The van der Waals surface area contributed by atoms with Gasteiger partial charge in [0.1, 0.15) is 0 Å². The number of nitrogens with zero attached hydrogens (tertiary/aromatic N) is 3. The summed E-state index contributed by atoms with van der Waals surface area (Å²) in [6.45, 7) is 2.25. The first-order valence-corrected chi connectivity index (χ1v) is 8.32. The van der Waals surface area contributed by atoms with E-state index in [4.69, 9.17) is 5.26 Å². The number of nitro benzene ring substituents is 1. The van der Waals surface area contributed by atoms with Gasteiger partial charge in [0.2, 0.25) is 5.91 Å². The molecule has 1 N–H and O–H groups in total. The van der Waals surface area contributed by atoms with E-state index in [2.05, 4.69) is 5.32 Å². The van der Waals surface area contributed by atoms with Gasteiger partial charge in [-0.15, -0.1) is 0 Å². The first-order valence-electron chi connectivity index (χ1n) is 8.32. The topological polar surface area (TPSA) is 99.3 Å². The fraction of sp³-hybridized carbons (Fsp3) is 0.263.